The predicted octanol–water partition coefficient (Wildman–Crippen LogP) is 5.34. The summed E-state index contributed by atoms with van der Waals surface area (Å²) in [5.74, 6) is 0.662. The van der Waals surface area contributed by atoms with Gasteiger partial charge in [-0.25, -0.2) is 4.39 Å². The van der Waals surface area contributed by atoms with Gasteiger partial charge >= 0.3 is 0 Å². The largest absolute Gasteiger partial charge is 0.493 e. The minimum Gasteiger partial charge on any atom is -0.493 e. The van der Waals surface area contributed by atoms with Gasteiger partial charge in [-0.2, -0.15) is 0 Å². The van der Waals surface area contributed by atoms with E-state index in [4.69, 9.17) is 21.1 Å². The number of methoxy groups -OCH3 is 1. The number of likely N-dealkylation sites (N-methyl/N-ethyl adjacent to an activating group) is 1. The number of halogens is 4. The van der Waals surface area contributed by atoms with Gasteiger partial charge in [0.15, 0.2) is 11.5 Å². The van der Waals surface area contributed by atoms with Crippen molar-refractivity contribution >= 4 is 36.4 Å². The summed E-state index contributed by atoms with van der Waals surface area (Å²) in [6.07, 6.45) is 0. The number of rotatable bonds is 11. The number of nitrogens with zero attached hydrogens (tertiary/aromatic N) is 1. The number of benzene rings is 2. The van der Waals surface area contributed by atoms with Gasteiger partial charge in [-0.1, -0.05) is 43.6 Å². The first-order chi connectivity index (χ1) is 13.1. The van der Waals surface area contributed by atoms with Gasteiger partial charge < -0.3 is 19.7 Å². The molecule has 0 saturated heterocycles. The van der Waals surface area contributed by atoms with Crippen molar-refractivity contribution in [3.05, 3.63) is 58.4 Å². The highest BCUT2D eigenvalue weighted by molar-refractivity contribution is 6.32. The molecular formula is C21H30Cl3FN2O2. The SMILES string of the molecule is CCN(CC)CCNCc1cc(Cl)c(OCc2ccccc2F)c(OC)c1.Cl.Cl. The summed E-state index contributed by atoms with van der Waals surface area (Å²) >= 11 is 6.39. The van der Waals surface area contributed by atoms with Crippen LogP contribution in [0.3, 0.4) is 0 Å². The van der Waals surface area contributed by atoms with E-state index >= 15 is 0 Å². The Morgan fingerprint density at radius 3 is 2.41 bits per heavy atom. The lowest BCUT2D eigenvalue weighted by atomic mass is 10.2. The summed E-state index contributed by atoms with van der Waals surface area (Å²) in [4.78, 5) is 2.36. The Morgan fingerprint density at radius 2 is 1.79 bits per heavy atom. The van der Waals surface area contributed by atoms with E-state index in [0.717, 1.165) is 31.7 Å². The van der Waals surface area contributed by atoms with Gasteiger partial charge in [-0.15, -0.1) is 24.8 Å². The Morgan fingerprint density at radius 1 is 1.10 bits per heavy atom. The van der Waals surface area contributed by atoms with Crippen LogP contribution in [0.5, 0.6) is 11.5 Å². The zero-order valence-electron chi connectivity index (χ0n) is 17.0. The molecule has 0 aromatic heterocycles. The first kappa shape index (κ1) is 27.8. The Labute approximate surface area is 190 Å². The van der Waals surface area contributed by atoms with Crippen LogP contribution in [0.15, 0.2) is 36.4 Å². The van der Waals surface area contributed by atoms with E-state index in [-0.39, 0.29) is 37.2 Å². The van der Waals surface area contributed by atoms with Crippen LogP contribution < -0.4 is 14.8 Å². The fourth-order valence-corrected chi connectivity index (χ4v) is 3.08. The molecular weight excluding hydrogens is 438 g/mol. The van der Waals surface area contributed by atoms with Gasteiger partial charge in [0.2, 0.25) is 0 Å². The molecule has 29 heavy (non-hydrogen) atoms. The lowest BCUT2D eigenvalue weighted by Crippen LogP contribution is -2.31. The Kier molecular flexibility index (Phi) is 14.1. The molecule has 164 valence electrons. The van der Waals surface area contributed by atoms with Crippen LogP contribution in [-0.2, 0) is 13.2 Å². The Balaban J connectivity index is 0.00000392. The van der Waals surface area contributed by atoms with E-state index < -0.39 is 0 Å². The van der Waals surface area contributed by atoms with Crippen LogP contribution >= 0.6 is 36.4 Å². The molecule has 4 nitrogen and oxygen atoms in total. The van der Waals surface area contributed by atoms with Crippen molar-refractivity contribution in [3.8, 4) is 11.5 Å². The molecule has 0 spiro atoms. The summed E-state index contributed by atoms with van der Waals surface area (Å²) < 4.78 is 24.9. The van der Waals surface area contributed by atoms with Crippen molar-refractivity contribution in [1.82, 2.24) is 10.2 Å². The molecule has 8 heteroatoms. The van der Waals surface area contributed by atoms with Crippen LogP contribution in [0, 0.1) is 5.82 Å². The van der Waals surface area contributed by atoms with Crippen molar-refractivity contribution in [2.75, 3.05) is 33.3 Å². The van der Waals surface area contributed by atoms with E-state index in [2.05, 4.69) is 24.1 Å². The normalized spacial score (nSPS) is 10.3. The Bertz CT molecular complexity index is 731. The maximum atomic E-state index is 13.8. The smallest absolute Gasteiger partial charge is 0.180 e. The summed E-state index contributed by atoms with van der Waals surface area (Å²) in [7, 11) is 1.57. The zero-order chi connectivity index (χ0) is 19.6. The highest BCUT2D eigenvalue weighted by atomic mass is 35.5. The molecule has 0 aliphatic heterocycles. The average Bonchev–Trinajstić information content (AvgIpc) is 2.68. The third-order valence-corrected chi connectivity index (χ3v) is 4.73. The zero-order valence-corrected chi connectivity index (χ0v) is 19.4. The van der Waals surface area contributed by atoms with Gasteiger partial charge in [0.05, 0.1) is 12.1 Å². The number of ether oxygens (including phenoxy) is 2. The molecule has 0 radical (unpaired) electrons. The standard InChI is InChI=1S/C21H28ClFN2O2.2ClH/c1-4-25(5-2)11-10-24-14-16-12-18(22)21(20(13-16)26-3)27-15-17-8-6-7-9-19(17)23;;/h6-9,12-13,24H,4-5,10-11,14-15H2,1-3H3;2*1H. The first-order valence-electron chi connectivity index (χ1n) is 9.24. The quantitative estimate of drug-likeness (QED) is 0.452. The second-order valence-electron chi connectivity index (χ2n) is 6.19. The van der Waals surface area contributed by atoms with Gasteiger partial charge in [0, 0.05) is 25.2 Å². The van der Waals surface area contributed by atoms with Crippen LogP contribution in [0.2, 0.25) is 5.02 Å². The minimum atomic E-state index is -0.304. The third-order valence-electron chi connectivity index (χ3n) is 4.45. The van der Waals surface area contributed by atoms with E-state index in [1.807, 2.05) is 12.1 Å². The lowest BCUT2D eigenvalue weighted by Gasteiger charge is -2.18. The van der Waals surface area contributed by atoms with Crippen molar-refractivity contribution in [2.24, 2.45) is 0 Å². The molecule has 0 bridgehead atoms. The summed E-state index contributed by atoms with van der Waals surface area (Å²) in [5, 5.41) is 3.87. The van der Waals surface area contributed by atoms with Gasteiger partial charge in [-0.05, 0) is 36.9 Å². The van der Waals surface area contributed by atoms with Crippen molar-refractivity contribution in [3.63, 3.8) is 0 Å². The van der Waals surface area contributed by atoms with Crippen LogP contribution in [0.4, 0.5) is 4.39 Å². The van der Waals surface area contributed by atoms with E-state index in [9.17, 15) is 4.39 Å². The van der Waals surface area contributed by atoms with Gasteiger partial charge in [0.1, 0.15) is 12.4 Å². The fourth-order valence-electron chi connectivity index (χ4n) is 2.79. The maximum Gasteiger partial charge on any atom is 0.180 e. The summed E-state index contributed by atoms with van der Waals surface area (Å²) in [6, 6.07) is 10.3. The van der Waals surface area contributed by atoms with Gasteiger partial charge in [-0.3, -0.25) is 0 Å². The highest BCUT2D eigenvalue weighted by Gasteiger charge is 2.13. The average molecular weight is 468 g/mol. The number of hydrogen-bond donors (Lipinski definition) is 1. The molecule has 0 aliphatic carbocycles. The molecule has 2 rings (SSSR count). The first-order valence-corrected chi connectivity index (χ1v) is 9.62. The molecule has 2 aromatic rings. The highest BCUT2D eigenvalue weighted by Crippen LogP contribution is 2.37. The summed E-state index contributed by atoms with van der Waals surface area (Å²) in [6.45, 7) is 9.09. The molecule has 0 saturated carbocycles. The second kappa shape index (κ2) is 14.7. The monoisotopic (exact) mass is 466 g/mol. The van der Waals surface area contributed by atoms with Crippen molar-refractivity contribution in [2.45, 2.75) is 27.0 Å². The van der Waals surface area contributed by atoms with Crippen LogP contribution in [0.25, 0.3) is 0 Å². The molecule has 0 amide bonds. The van der Waals surface area contributed by atoms with E-state index in [0.29, 0.717) is 28.6 Å². The van der Waals surface area contributed by atoms with E-state index in [1.165, 1.54) is 6.07 Å². The minimum absolute atomic E-state index is 0. The van der Waals surface area contributed by atoms with E-state index in [1.54, 1.807) is 25.3 Å². The molecule has 0 atom stereocenters. The molecule has 0 fully saturated rings. The lowest BCUT2D eigenvalue weighted by molar-refractivity contribution is 0.279. The molecule has 0 heterocycles. The molecule has 1 N–H and O–H groups in total. The third kappa shape index (κ3) is 8.57. The van der Waals surface area contributed by atoms with Crippen molar-refractivity contribution < 1.29 is 13.9 Å². The molecule has 0 aliphatic rings. The van der Waals surface area contributed by atoms with Crippen LogP contribution in [0.1, 0.15) is 25.0 Å². The molecule has 2 aromatic carbocycles. The maximum absolute atomic E-state index is 13.8. The molecule has 0 unspecified atom stereocenters. The number of nitrogens with one attached hydrogen (secondary N) is 1. The number of hydrogen-bond acceptors (Lipinski definition) is 4. The second-order valence-corrected chi connectivity index (χ2v) is 6.60. The fraction of sp³-hybridized carbons (Fsp3) is 0.429. The Hall–Kier alpha value is -1.24. The van der Waals surface area contributed by atoms with Gasteiger partial charge in [0.25, 0.3) is 0 Å². The summed E-state index contributed by atoms with van der Waals surface area (Å²) in [5.41, 5.74) is 1.48. The van der Waals surface area contributed by atoms with Crippen molar-refractivity contribution in [1.29, 1.82) is 0 Å². The predicted molar refractivity (Wildman–Crippen MR) is 123 cm³/mol. The topological polar surface area (TPSA) is 33.7 Å². The van der Waals surface area contributed by atoms with Crippen LogP contribution in [-0.4, -0.2) is 38.2 Å².